The van der Waals surface area contributed by atoms with Crippen LogP contribution in [0.2, 0.25) is 0 Å². The number of aromatic nitrogens is 5. The summed E-state index contributed by atoms with van der Waals surface area (Å²) < 4.78 is 58.6. The molecule has 2 bridgehead atoms. The highest BCUT2D eigenvalue weighted by Gasteiger charge is 2.45. The quantitative estimate of drug-likeness (QED) is 0.535. The van der Waals surface area contributed by atoms with Crippen molar-refractivity contribution in [3.05, 3.63) is 59.4 Å². The normalized spacial score (nSPS) is 22.1. The molecule has 1 saturated carbocycles. The second-order valence-electron chi connectivity index (χ2n) is 8.57. The Morgan fingerprint density at radius 3 is 2.56 bits per heavy atom. The number of aryl methyl sites for hydroxylation is 1. The lowest BCUT2D eigenvalue weighted by Crippen LogP contribution is -2.59. The second kappa shape index (κ2) is 8.33. The Morgan fingerprint density at radius 1 is 1.12 bits per heavy atom. The molecule has 5 heterocycles. The van der Waals surface area contributed by atoms with E-state index in [0.717, 1.165) is 12.0 Å². The maximum absolute atomic E-state index is 14.4. The minimum Gasteiger partial charge on any atom is -0.470 e. The Hall–Kier alpha value is -3.57. The van der Waals surface area contributed by atoms with Crippen LogP contribution in [0, 0.1) is 18.7 Å². The van der Waals surface area contributed by atoms with Gasteiger partial charge in [0, 0.05) is 18.9 Å². The van der Waals surface area contributed by atoms with Gasteiger partial charge in [0.25, 0.3) is 11.8 Å². The molecule has 3 atom stereocenters. The first-order chi connectivity index (χ1) is 16.2. The monoisotopic (exact) mass is 476 g/mol. The molecule has 3 aliphatic rings. The zero-order chi connectivity index (χ0) is 24.0. The van der Waals surface area contributed by atoms with Crippen LogP contribution in [0.4, 0.5) is 17.6 Å². The second-order valence-corrected chi connectivity index (χ2v) is 8.57. The first kappa shape index (κ1) is 22.2. The van der Waals surface area contributed by atoms with Crippen LogP contribution in [0.3, 0.4) is 0 Å². The minimum atomic E-state index is -4.71. The molecule has 8 nitrogen and oxygen atoms in total. The highest BCUT2D eigenvalue weighted by Crippen LogP contribution is 2.39. The van der Waals surface area contributed by atoms with Crippen molar-refractivity contribution >= 4 is 5.91 Å². The molecule has 0 N–H and O–H groups in total. The summed E-state index contributed by atoms with van der Waals surface area (Å²) in [5.74, 6) is -1.58. The van der Waals surface area contributed by atoms with E-state index in [1.54, 1.807) is 17.2 Å². The van der Waals surface area contributed by atoms with Gasteiger partial charge in [-0.3, -0.25) is 4.79 Å². The van der Waals surface area contributed by atoms with Gasteiger partial charge in [0.2, 0.25) is 0 Å². The molecule has 178 valence electrons. The molecule has 2 aliphatic heterocycles. The van der Waals surface area contributed by atoms with E-state index in [0.29, 0.717) is 37.2 Å². The van der Waals surface area contributed by atoms with Gasteiger partial charge in [-0.2, -0.15) is 23.4 Å². The van der Waals surface area contributed by atoms with Gasteiger partial charge in [-0.15, -0.1) is 4.80 Å². The van der Waals surface area contributed by atoms with Gasteiger partial charge in [-0.25, -0.2) is 14.4 Å². The Morgan fingerprint density at radius 2 is 1.88 bits per heavy atom. The standard InChI is InChI=1S/C22H20F4N6O2/c1-12-6-15(19(27-9-12)32-29-4-5-30-32)21(33)31-11-13-2-3-17(31)18(7-13)34-20-16(23)8-14(10-28-20)22(24,25)26/h4-6,8-10,13,17-18H,2-3,7,11H2,1H3. The lowest BCUT2D eigenvalue weighted by Gasteiger charge is -2.49. The fourth-order valence-corrected chi connectivity index (χ4v) is 4.66. The molecular weight excluding hydrogens is 456 g/mol. The molecule has 3 aromatic heterocycles. The molecule has 0 radical (unpaired) electrons. The third-order valence-electron chi connectivity index (χ3n) is 6.22. The van der Waals surface area contributed by atoms with Crippen molar-refractivity contribution in [1.29, 1.82) is 0 Å². The number of nitrogens with zero attached hydrogens (tertiary/aromatic N) is 6. The Balaban J connectivity index is 1.42. The molecule has 3 fully saturated rings. The third-order valence-corrected chi connectivity index (χ3v) is 6.22. The van der Waals surface area contributed by atoms with Gasteiger partial charge >= 0.3 is 6.18 Å². The molecule has 0 aromatic carbocycles. The molecule has 3 aromatic rings. The van der Waals surface area contributed by atoms with Crippen LogP contribution in [0.5, 0.6) is 5.88 Å². The molecule has 3 unspecified atom stereocenters. The van der Waals surface area contributed by atoms with Crippen LogP contribution in [0.25, 0.3) is 5.82 Å². The number of amides is 1. The number of piperidine rings is 2. The first-order valence-corrected chi connectivity index (χ1v) is 10.7. The maximum Gasteiger partial charge on any atom is 0.417 e. The van der Waals surface area contributed by atoms with Crippen LogP contribution in [-0.2, 0) is 6.18 Å². The Labute approximate surface area is 191 Å². The summed E-state index contributed by atoms with van der Waals surface area (Å²) >= 11 is 0. The number of fused-ring (bicyclic) bond motifs is 3. The number of ether oxygens (including phenoxy) is 1. The lowest BCUT2D eigenvalue weighted by atomic mass is 9.77. The first-order valence-electron chi connectivity index (χ1n) is 10.7. The summed E-state index contributed by atoms with van der Waals surface area (Å²) in [7, 11) is 0. The molecule has 2 saturated heterocycles. The van der Waals surface area contributed by atoms with Crippen molar-refractivity contribution in [3.8, 4) is 11.7 Å². The SMILES string of the molecule is Cc1cnc(-n2nccn2)c(C(=O)N2CC3CCC2C(Oc2ncc(C(F)(F)F)cc2F)C3)c1. The molecular formula is C22H20F4N6O2. The van der Waals surface area contributed by atoms with Crippen molar-refractivity contribution < 1.29 is 27.1 Å². The summed E-state index contributed by atoms with van der Waals surface area (Å²) in [6.07, 6.45) is 1.86. The van der Waals surface area contributed by atoms with Crippen LogP contribution in [0.15, 0.2) is 36.9 Å². The highest BCUT2D eigenvalue weighted by molar-refractivity contribution is 5.97. The van der Waals surface area contributed by atoms with Crippen molar-refractivity contribution in [2.24, 2.45) is 5.92 Å². The number of halogens is 4. The van der Waals surface area contributed by atoms with Gasteiger partial charge in [-0.05, 0) is 49.8 Å². The van der Waals surface area contributed by atoms with Crippen molar-refractivity contribution in [3.63, 3.8) is 0 Å². The fraction of sp³-hybridized carbons (Fsp3) is 0.409. The predicted molar refractivity (Wildman–Crippen MR) is 110 cm³/mol. The van der Waals surface area contributed by atoms with E-state index in [-0.39, 0.29) is 23.7 Å². The number of carbonyl (C=O) groups excluding carboxylic acids is 1. The minimum absolute atomic E-state index is 0.112. The zero-order valence-electron chi connectivity index (χ0n) is 18.0. The van der Waals surface area contributed by atoms with Gasteiger partial charge < -0.3 is 9.64 Å². The number of rotatable bonds is 4. The molecule has 1 amide bonds. The van der Waals surface area contributed by atoms with Crippen LogP contribution >= 0.6 is 0 Å². The average molecular weight is 476 g/mol. The van der Waals surface area contributed by atoms with Crippen LogP contribution in [0.1, 0.15) is 40.7 Å². The summed E-state index contributed by atoms with van der Waals surface area (Å²) in [5, 5.41) is 8.15. The smallest absolute Gasteiger partial charge is 0.417 e. The van der Waals surface area contributed by atoms with Crippen molar-refractivity contribution in [2.45, 2.75) is 44.5 Å². The zero-order valence-corrected chi connectivity index (χ0v) is 18.0. The lowest BCUT2D eigenvalue weighted by molar-refractivity contribution is -0.138. The summed E-state index contributed by atoms with van der Waals surface area (Å²) in [5.41, 5.74) is -0.0855. The van der Waals surface area contributed by atoms with Crippen molar-refractivity contribution in [1.82, 2.24) is 29.9 Å². The van der Waals surface area contributed by atoms with Gasteiger partial charge in [-0.1, -0.05) is 0 Å². The number of hydrogen-bond donors (Lipinski definition) is 0. The topological polar surface area (TPSA) is 86.0 Å². The maximum atomic E-state index is 14.4. The molecule has 34 heavy (non-hydrogen) atoms. The summed E-state index contributed by atoms with van der Waals surface area (Å²) in [4.78, 5) is 24.5. The largest absolute Gasteiger partial charge is 0.470 e. The number of pyridine rings is 2. The van der Waals surface area contributed by atoms with Crippen LogP contribution < -0.4 is 4.74 Å². The van der Waals surface area contributed by atoms with E-state index in [4.69, 9.17) is 4.74 Å². The Bertz CT molecular complexity index is 1220. The number of hydrogen-bond acceptors (Lipinski definition) is 6. The molecule has 6 rings (SSSR count). The van der Waals surface area contributed by atoms with Gasteiger partial charge in [0.05, 0.1) is 29.6 Å². The van der Waals surface area contributed by atoms with E-state index in [9.17, 15) is 22.4 Å². The van der Waals surface area contributed by atoms with E-state index in [1.807, 2.05) is 6.92 Å². The van der Waals surface area contributed by atoms with E-state index < -0.39 is 29.5 Å². The third kappa shape index (κ3) is 4.08. The summed E-state index contributed by atoms with van der Waals surface area (Å²) in [6.45, 7) is 2.31. The van der Waals surface area contributed by atoms with Crippen molar-refractivity contribution in [2.75, 3.05) is 6.54 Å². The molecule has 0 spiro atoms. The van der Waals surface area contributed by atoms with Crippen LogP contribution in [-0.4, -0.2) is 54.5 Å². The van der Waals surface area contributed by atoms with E-state index in [2.05, 4.69) is 20.2 Å². The van der Waals surface area contributed by atoms with E-state index in [1.165, 1.54) is 17.2 Å². The predicted octanol–water partition coefficient (Wildman–Crippen LogP) is 3.60. The summed E-state index contributed by atoms with van der Waals surface area (Å²) in [6, 6.07) is 1.69. The van der Waals surface area contributed by atoms with Gasteiger partial charge in [0.15, 0.2) is 11.6 Å². The van der Waals surface area contributed by atoms with E-state index >= 15 is 0 Å². The Kier molecular flexibility index (Phi) is 5.45. The highest BCUT2D eigenvalue weighted by atomic mass is 19.4. The number of alkyl halides is 3. The number of carbonyl (C=O) groups is 1. The van der Waals surface area contributed by atoms with Gasteiger partial charge in [0.1, 0.15) is 6.10 Å². The molecule has 1 aliphatic carbocycles. The molecule has 12 heteroatoms. The fourth-order valence-electron chi connectivity index (χ4n) is 4.66. The average Bonchev–Trinajstić information content (AvgIpc) is 3.34.